The van der Waals surface area contributed by atoms with E-state index in [2.05, 4.69) is 15.3 Å². The smallest absolute Gasteiger partial charge is 0.337 e. The van der Waals surface area contributed by atoms with E-state index in [1.165, 1.54) is 32.4 Å². The van der Waals surface area contributed by atoms with Gasteiger partial charge in [0.25, 0.3) is 10.0 Å². The summed E-state index contributed by atoms with van der Waals surface area (Å²) in [7, 11) is -1.84. The van der Waals surface area contributed by atoms with Crippen LogP contribution >= 0.6 is 22.6 Å². The summed E-state index contributed by atoms with van der Waals surface area (Å²) >= 11 is 1.90. The van der Waals surface area contributed by atoms with Crippen LogP contribution in [-0.4, -0.2) is 49.7 Å². The molecule has 0 aliphatic rings. The maximum atomic E-state index is 12.8. The van der Waals surface area contributed by atoms with Crippen molar-refractivity contribution in [3.8, 4) is 11.8 Å². The van der Waals surface area contributed by atoms with E-state index in [1.54, 1.807) is 11.6 Å². The maximum absolute atomic E-state index is 12.8. The van der Waals surface area contributed by atoms with Crippen LogP contribution in [0.4, 0.5) is 10.7 Å². The van der Waals surface area contributed by atoms with Gasteiger partial charge in [0.1, 0.15) is 4.90 Å². The Labute approximate surface area is 180 Å². The van der Waals surface area contributed by atoms with Gasteiger partial charge in [-0.2, -0.15) is 9.97 Å². The number of carboxylic acid groups (broad SMARTS) is 1. The van der Waals surface area contributed by atoms with Crippen molar-refractivity contribution in [3.63, 3.8) is 0 Å². The van der Waals surface area contributed by atoms with E-state index < -0.39 is 32.5 Å². The molecule has 0 aliphatic carbocycles. The van der Waals surface area contributed by atoms with Crippen LogP contribution in [0.1, 0.15) is 22.8 Å². The molecule has 0 aliphatic heterocycles. The fourth-order valence-corrected chi connectivity index (χ4v) is 4.81. The highest BCUT2D eigenvalue weighted by Crippen LogP contribution is 2.26. The minimum atomic E-state index is -4.52. The van der Waals surface area contributed by atoms with Crippen LogP contribution in [0.5, 0.6) is 11.8 Å². The number of methoxy groups -OCH3 is 2. The Morgan fingerprint density at radius 2 is 1.76 bits per heavy atom. The van der Waals surface area contributed by atoms with Gasteiger partial charge in [-0.15, -0.1) is 0 Å². The van der Waals surface area contributed by atoms with E-state index in [0.29, 0.717) is 3.57 Å². The molecule has 13 heteroatoms. The highest BCUT2D eigenvalue weighted by atomic mass is 127. The molecule has 11 nitrogen and oxygen atoms in total. The predicted molar refractivity (Wildman–Crippen MR) is 110 cm³/mol. The standard InChI is InChI=1S/C16H17IN4O7S/c1-4-8-10(17)6-5-9(14(22)23)13(8)29(25,26)21-16(24)20-15-18-11(27-2)7-12(19-15)28-3/h5-7H,4H2,1-3H3,(H,22,23)(H2,18,19,20,21,24). The molecule has 0 unspecified atom stereocenters. The molecule has 2 amide bonds. The normalized spacial score (nSPS) is 10.9. The second kappa shape index (κ2) is 9.21. The van der Waals surface area contributed by atoms with Crippen molar-refractivity contribution >= 4 is 50.6 Å². The number of rotatable bonds is 7. The minimum absolute atomic E-state index is 0.0778. The summed E-state index contributed by atoms with van der Waals surface area (Å²) in [6.45, 7) is 1.68. The van der Waals surface area contributed by atoms with Gasteiger partial charge < -0.3 is 14.6 Å². The van der Waals surface area contributed by atoms with E-state index in [1.807, 2.05) is 22.6 Å². The van der Waals surface area contributed by atoms with Crippen LogP contribution in [0.15, 0.2) is 23.1 Å². The third-order valence-electron chi connectivity index (χ3n) is 3.61. The highest BCUT2D eigenvalue weighted by molar-refractivity contribution is 14.1. The molecule has 2 rings (SSSR count). The number of nitrogens with zero attached hydrogens (tertiary/aromatic N) is 2. The number of ether oxygens (including phenoxy) is 2. The van der Waals surface area contributed by atoms with Gasteiger partial charge in [0.15, 0.2) is 0 Å². The largest absolute Gasteiger partial charge is 0.481 e. The number of hydrogen-bond acceptors (Lipinski definition) is 8. The lowest BCUT2D eigenvalue weighted by atomic mass is 10.1. The number of anilines is 1. The van der Waals surface area contributed by atoms with Crippen molar-refractivity contribution in [2.45, 2.75) is 18.2 Å². The summed E-state index contributed by atoms with van der Waals surface area (Å²) in [5.74, 6) is -1.55. The van der Waals surface area contributed by atoms with Crippen molar-refractivity contribution in [3.05, 3.63) is 32.9 Å². The summed E-state index contributed by atoms with van der Waals surface area (Å²) in [5, 5.41) is 11.5. The molecule has 156 valence electrons. The molecule has 0 radical (unpaired) electrons. The van der Waals surface area contributed by atoms with Gasteiger partial charge in [0, 0.05) is 3.57 Å². The first-order chi connectivity index (χ1) is 13.6. The number of carbonyl (C=O) groups excluding carboxylic acids is 1. The monoisotopic (exact) mass is 536 g/mol. The van der Waals surface area contributed by atoms with Gasteiger partial charge in [-0.3, -0.25) is 5.32 Å². The van der Waals surface area contributed by atoms with Crippen molar-refractivity contribution in [2.24, 2.45) is 0 Å². The molecule has 0 atom stereocenters. The molecule has 1 aromatic carbocycles. The number of hydrogen-bond donors (Lipinski definition) is 3. The first-order valence-corrected chi connectivity index (χ1v) is 10.5. The number of aromatic carboxylic acids is 1. The van der Waals surface area contributed by atoms with E-state index in [-0.39, 0.29) is 29.7 Å². The number of carbonyl (C=O) groups is 2. The van der Waals surface area contributed by atoms with Gasteiger partial charge in [0.2, 0.25) is 17.7 Å². The number of aromatic nitrogens is 2. The number of amides is 2. The Morgan fingerprint density at radius 1 is 1.17 bits per heavy atom. The number of carboxylic acids is 1. The summed E-state index contributed by atoms with van der Waals surface area (Å²) in [6.07, 6.45) is 0.244. The molecule has 1 heterocycles. The Morgan fingerprint density at radius 3 is 2.24 bits per heavy atom. The van der Waals surface area contributed by atoms with Crippen molar-refractivity contribution in [1.29, 1.82) is 0 Å². The van der Waals surface area contributed by atoms with E-state index in [9.17, 15) is 23.1 Å². The molecule has 0 fully saturated rings. The van der Waals surface area contributed by atoms with Gasteiger partial charge in [-0.05, 0) is 46.7 Å². The second-order valence-corrected chi connectivity index (χ2v) is 8.18. The number of halogens is 1. The van der Waals surface area contributed by atoms with E-state index in [4.69, 9.17) is 9.47 Å². The zero-order chi connectivity index (χ0) is 21.8. The van der Waals surface area contributed by atoms with Gasteiger partial charge in [-0.1, -0.05) is 6.92 Å². The average molecular weight is 536 g/mol. The molecular formula is C16H17IN4O7S. The van der Waals surface area contributed by atoms with Gasteiger partial charge in [-0.25, -0.2) is 22.7 Å². The fraction of sp³-hybridized carbons (Fsp3) is 0.250. The Kier molecular flexibility index (Phi) is 7.18. The van der Waals surface area contributed by atoms with E-state index in [0.717, 1.165) is 0 Å². The van der Waals surface area contributed by atoms with Crippen molar-refractivity contribution in [2.75, 3.05) is 19.5 Å². The lowest BCUT2D eigenvalue weighted by Crippen LogP contribution is -2.36. The van der Waals surface area contributed by atoms with Crippen molar-refractivity contribution in [1.82, 2.24) is 14.7 Å². The highest BCUT2D eigenvalue weighted by Gasteiger charge is 2.29. The minimum Gasteiger partial charge on any atom is -0.481 e. The van der Waals surface area contributed by atoms with Crippen molar-refractivity contribution < 1.29 is 32.6 Å². The zero-order valence-corrected chi connectivity index (χ0v) is 18.5. The predicted octanol–water partition coefficient (Wildman–Crippen LogP) is 1.87. The van der Waals surface area contributed by atoms with Crippen LogP contribution < -0.4 is 19.5 Å². The molecule has 0 bridgehead atoms. The van der Waals surface area contributed by atoms with Crippen LogP contribution in [0.3, 0.4) is 0 Å². The third-order valence-corrected chi connectivity index (χ3v) is 6.07. The summed E-state index contributed by atoms with van der Waals surface area (Å²) in [4.78, 5) is 31.0. The summed E-state index contributed by atoms with van der Waals surface area (Å²) < 4.78 is 37.8. The quantitative estimate of drug-likeness (QED) is 0.450. The number of sulfonamides is 1. The number of benzene rings is 1. The third kappa shape index (κ3) is 5.23. The SMILES string of the molecule is CCc1c(I)ccc(C(=O)O)c1S(=O)(=O)NC(=O)Nc1nc(OC)cc(OC)n1. The first-order valence-electron chi connectivity index (χ1n) is 7.98. The Balaban J connectivity index is 2.39. The van der Waals surface area contributed by atoms with Crippen LogP contribution in [-0.2, 0) is 16.4 Å². The Bertz CT molecular complexity index is 1040. The second-order valence-electron chi connectivity index (χ2n) is 5.40. The first kappa shape index (κ1) is 22.6. The fourth-order valence-electron chi connectivity index (χ4n) is 2.38. The van der Waals surface area contributed by atoms with Gasteiger partial charge in [0.05, 0.1) is 25.8 Å². The lowest BCUT2D eigenvalue weighted by molar-refractivity contribution is 0.0692. The molecule has 29 heavy (non-hydrogen) atoms. The molecule has 3 N–H and O–H groups in total. The number of urea groups is 1. The molecule has 1 aromatic heterocycles. The zero-order valence-electron chi connectivity index (χ0n) is 15.5. The molecule has 0 spiro atoms. The molecule has 0 saturated heterocycles. The average Bonchev–Trinajstić information content (AvgIpc) is 2.66. The van der Waals surface area contributed by atoms with Gasteiger partial charge >= 0.3 is 12.0 Å². The topological polar surface area (TPSA) is 157 Å². The lowest BCUT2D eigenvalue weighted by Gasteiger charge is -2.15. The number of nitrogens with one attached hydrogen (secondary N) is 2. The molecule has 0 saturated carbocycles. The molecule has 2 aromatic rings. The van der Waals surface area contributed by atoms with Crippen LogP contribution in [0.2, 0.25) is 0 Å². The summed E-state index contributed by atoms with van der Waals surface area (Å²) in [6, 6.07) is 2.85. The maximum Gasteiger partial charge on any atom is 0.337 e. The van der Waals surface area contributed by atoms with E-state index >= 15 is 0 Å². The molecular weight excluding hydrogens is 519 g/mol. The summed E-state index contributed by atoms with van der Waals surface area (Å²) in [5.41, 5.74) is -0.160. The van der Waals surface area contributed by atoms with Crippen LogP contribution in [0, 0.1) is 3.57 Å². The van der Waals surface area contributed by atoms with Crippen LogP contribution in [0.25, 0.3) is 0 Å². The Hall–Kier alpha value is -2.68.